The molecule has 0 aliphatic rings. The lowest BCUT2D eigenvalue weighted by Crippen LogP contribution is -2.40. The summed E-state index contributed by atoms with van der Waals surface area (Å²) in [6, 6.07) is -2.89. The molecule has 0 aromatic heterocycles. The van der Waals surface area contributed by atoms with Crippen molar-refractivity contribution < 1.29 is 57.6 Å². The molecule has 0 spiro atoms. The Morgan fingerprint density at radius 2 is 1.00 bits per heavy atom. The third-order valence-electron chi connectivity index (χ3n) is 2.00. The maximum absolute atomic E-state index is 10.6. The number of aliphatic hydroxyl groups excluding tert-OH is 2. The molecule has 0 aliphatic carbocycles. The number of phosphoric acid groups is 2. The molecule has 4 atom stereocenters. The van der Waals surface area contributed by atoms with E-state index in [1.165, 1.54) is 13.8 Å². The van der Waals surface area contributed by atoms with Gasteiger partial charge in [0.15, 0.2) is 0 Å². The standard InChI is InChI=1S/2C4H10NO6P.Mg/c2*1-2(6)3(5)4(7)11-12(8,9)10;/h2*2-3,6H,5H2,1H3,(H2,8,9,10);/t2*2-,3+;/m11./s1. The normalized spacial score (nSPS) is 16.1. The summed E-state index contributed by atoms with van der Waals surface area (Å²) in [6.45, 7) is 2.40. The Balaban J connectivity index is -0.000000372. The molecule has 0 aromatic rings. The van der Waals surface area contributed by atoms with Crippen molar-refractivity contribution in [3.63, 3.8) is 0 Å². The van der Waals surface area contributed by atoms with Crippen LogP contribution in [0.15, 0.2) is 0 Å². The predicted octanol–water partition coefficient (Wildman–Crippen LogP) is -3.72. The van der Waals surface area contributed by atoms with Crippen molar-refractivity contribution in [3.05, 3.63) is 0 Å². The zero-order chi connectivity index (χ0) is 19.9. The molecule has 0 saturated carbocycles. The molecule has 0 fully saturated rings. The van der Waals surface area contributed by atoms with Crippen LogP contribution in [0.1, 0.15) is 13.8 Å². The minimum absolute atomic E-state index is 0. The Labute approximate surface area is 158 Å². The first-order valence-corrected chi connectivity index (χ1v) is 8.99. The van der Waals surface area contributed by atoms with Crippen LogP contribution >= 0.6 is 15.6 Å². The molecule has 17 heteroatoms. The van der Waals surface area contributed by atoms with E-state index in [1.807, 2.05) is 0 Å². The lowest BCUT2D eigenvalue weighted by Gasteiger charge is -2.13. The van der Waals surface area contributed by atoms with Gasteiger partial charge in [-0.3, -0.25) is 19.6 Å². The van der Waals surface area contributed by atoms with Gasteiger partial charge in [0.2, 0.25) is 0 Å². The Hall–Kier alpha value is -0.154. The molecule has 0 heterocycles. The topological polar surface area (TPSA) is 260 Å². The highest BCUT2D eigenvalue weighted by Crippen LogP contribution is 2.36. The number of phosphoric ester groups is 2. The fourth-order valence-corrected chi connectivity index (χ4v) is 1.46. The van der Waals surface area contributed by atoms with Crippen LogP contribution in [0.25, 0.3) is 0 Å². The minimum Gasteiger partial charge on any atom is -0.391 e. The molecule has 0 unspecified atom stereocenters. The molecule has 0 bridgehead atoms. The zero-order valence-corrected chi connectivity index (χ0v) is 16.4. The van der Waals surface area contributed by atoms with Gasteiger partial charge in [-0.2, -0.15) is 0 Å². The Kier molecular flexibility index (Phi) is 14.5. The van der Waals surface area contributed by atoms with Gasteiger partial charge in [-0.25, -0.2) is 18.7 Å². The number of hydrogen-bond donors (Lipinski definition) is 8. The highest BCUT2D eigenvalue weighted by molar-refractivity contribution is 7.47. The van der Waals surface area contributed by atoms with E-state index in [4.69, 9.17) is 41.3 Å². The molecule has 0 rings (SSSR count). The summed E-state index contributed by atoms with van der Waals surface area (Å²) in [5.74, 6) is -2.67. The summed E-state index contributed by atoms with van der Waals surface area (Å²) in [7, 11) is -9.71. The Morgan fingerprint density at radius 3 is 1.12 bits per heavy atom. The van der Waals surface area contributed by atoms with Crippen LogP contribution in [0.5, 0.6) is 0 Å². The van der Waals surface area contributed by atoms with Crippen molar-refractivity contribution in [2.45, 2.75) is 38.1 Å². The summed E-state index contributed by atoms with van der Waals surface area (Å²) >= 11 is 0. The molecular weight excluding hydrogens is 402 g/mol. The first-order chi connectivity index (χ1) is 10.5. The molecule has 0 saturated heterocycles. The highest BCUT2D eigenvalue weighted by atomic mass is 31.2. The van der Waals surface area contributed by atoms with E-state index in [-0.39, 0.29) is 23.1 Å². The van der Waals surface area contributed by atoms with Gasteiger partial charge in [0, 0.05) is 23.1 Å². The van der Waals surface area contributed by atoms with E-state index in [9.17, 15) is 18.7 Å². The predicted molar refractivity (Wildman–Crippen MR) is 81.3 cm³/mol. The Bertz CT molecular complexity index is 471. The van der Waals surface area contributed by atoms with Gasteiger partial charge in [0.25, 0.3) is 0 Å². The first-order valence-electron chi connectivity index (χ1n) is 5.93. The van der Waals surface area contributed by atoms with E-state index in [0.29, 0.717) is 0 Å². The summed E-state index contributed by atoms with van der Waals surface area (Å²) in [5, 5.41) is 17.4. The molecule has 146 valence electrons. The number of hydrogen-bond acceptors (Lipinski definition) is 10. The average Bonchev–Trinajstić information content (AvgIpc) is 2.33. The average molecular weight is 423 g/mol. The van der Waals surface area contributed by atoms with Crippen molar-refractivity contribution in [2.24, 2.45) is 11.5 Å². The summed E-state index contributed by atoms with van der Waals surface area (Å²) in [5.41, 5.74) is 10.00. The lowest BCUT2D eigenvalue weighted by atomic mass is 10.2. The highest BCUT2D eigenvalue weighted by Gasteiger charge is 2.28. The fraction of sp³-hybridized carbons (Fsp3) is 0.750. The van der Waals surface area contributed by atoms with Crippen LogP contribution in [0, 0.1) is 0 Å². The second kappa shape index (κ2) is 12.3. The second-order valence-corrected chi connectivity index (χ2v) is 6.66. The number of nitrogens with two attached hydrogens (primary N) is 2. The maximum Gasteiger partial charge on any atom is 0.527 e. The largest absolute Gasteiger partial charge is 0.527 e. The first kappa shape index (κ1) is 29.6. The molecule has 0 aliphatic heterocycles. The quantitative estimate of drug-likeness (QED) is 0.151. The molecule has 14 nitrogen and oxygen atoms in total. The number of carbonyl (C=O) groups is 2. The summed E-state index contributed by atoms with van der Waals surface area (Å²) < 4.78 is 27.4. The molecule has 0 amide bonds. The SMILES string of the molecule is C[C@@H](O)[C@H](N)C(=O)OP(=O)(O)O.C[C@@H](O)[C@H](N)C(=O)OP(=O)(O)O.[Mg]. The van der Waals surface area contributed by atoms with Crippen LogP contribution in [0.2, 0.25) is 0 Å². The van der Waals surface area contributed by atoms with E-state index in [1.54, 1.807) is 0 Å². The molecule has 0 aromatic carbocycles. The van der Waals surface area contributed by atoms with Crippen LogP contribution < -0.4 is 11.5 Å². The molecular formula is C8H20MgN2O12P2. The van der Waals surface area contributed by atoms with Crippen molar-refractivity contribution in [2.75, 3.05) is 0 Å². The smallest absolute Gasteiger partial charge is 0.391 e. The second-order valence-electron chi connectivity index (χ2n) is 4.33. The van der Waals surface area contributed by atoms with E-state index < -0.39 is 51.9 Å². The number of rotatable bonds is 6. The van der Waals surface area contributed by atoms with Gasteiger partial charge in [-0.15, -0.1) is 0 Å². The molecule has 2 radical (unpaired) electrons. The van der Waals surface area contributed by atoms with Gasteiger partial charge in [0.1, 0.15) is 12.1 Å². The number of carbonyl (C=O) groups excluding carboxylic acids is 2. The van der Waals surface area contributed by atoms with Crippen molar-refractivity contribution >= 4 is 50.6 Å². The van der Waals surface area contributed by atoms with Crippen molar-refractivity contribution in [1.82, 2.24) is 0 Å². The van der Waals surface area contributed by atoms with Crippen molar-refractivity contribution in [1.29, 1.82) is 0 Å². The fourth-order valence-electron chi connectivity index (χ4n) is 0.750. The Morgan fingerprint density at radius 1 is 0.800 bits per heavy atom. The maximum atomic E-state index is 10.6. The zero-order valence-electron chi connectivity index (χ0n) is 13.2. The van der Waals surface area contributed by atoms with Crippen LogP contribution in [-0.4, -0.2) is 89.1 Å². The van der Waals surface area contributed by atoms with Gasteiger partial charge >= 0.3 is 27.6 Å². The van der Waals surface area contributed by atoms with E-state index in [0.717, 1.165) is 0 Å². The van der Waals surface area contributed by atoms with Gasteiger partial charge in [-0.05, 0) is 13.8 Å². The summed E-state index contributed by atoms with van der Waals surface area (Å²) in [4.78, 5) is 53.8. The van der Waals surface area contributed by atoms with Crippen LogP contribution in [0.4, 0.5) is 0 Å². The van der Waals surface area contributed by atoms with Gasteiger partial charge < -0.3 is 30.7 Å². The van der Waals surface area contributed by atoms with E-state index in [2.05, 4.69) is 9.05 Å². The minimum atomic E-state index is -4.86. The summed E-state index contributed by atoms with van der Waals surface area (Å²) in [6.07, 6.45) is -2.44. The molecule has 10 N–H and O–H groups in total. The molecule has 25 heavy (non-hydrogen) atoms. The third kappa shape index (κ3) is 17.0. The lowest BCUT2D eigenvalue weighted by molar-refractivity contribution is -0.140. The van der Waals surface area contributed by atoms with Gasteiger partial charge in [-0.1, -0.05) is 0 Å². The van der Waals surface area contributed by atoms with Crippen molar-refractivity contribution in [3.8, 4) is 0 Å². The third-order valence-corrected chi connectivity index (χ3v) is 2.84. The monoisotopic (exact) mass is 422 g/mol. The van der Waals surface area contributed by atoms with Crippen LogP contribution in [0.3, 0.4) is 0 Å². The van der Waals surface area contributed by atoms with E-state index >= 15 is 0 Å². The number of aliphatic hydroxyl groups is 2. The van der Waals surface area contributed by atoms with Crippen LogP contribution in [-0.2, 0) is 27.8 Å². The van der Waals surface area contributed by atoms with Gasteiger partial charge in [0.05, 0.1) is 12.2 Å².